The lowest BCUT2D eigenvalue weighted by atomic mass is 10.1. The van der Waals surface area contributed by atoms with Crippen molar-refractivity contribution in [2.45, 2.75) is 6.54 Å². The Hall–Kier alpha value is -2.56. The lowest BCUT2D eigenvalue weighted by Crippen LogP contribution is -2.23. The summed E-state index contributed by atoms with van der Waals surface area (Å²) in [5.41, 5.74) is 14.0. The van der Waals surface area contributed by atoms with Gasteiger partial charge in [-0.25, -0.2) is 0 Å². The highest BCUT2D eigenvalue weighted by Gasteiger charge is 2.15. The molecule has 0 aliphatic carbocycles. The van der Waals surface area contributed by atoms with Crippen molar-refractivity contribution in [3.05, 3.63) is 53.9 Å². The molecular formula is C14H16N4O. The van der Waals surface area contributed by atoms with Gasteiger partial charge in [-0.3, -0.25) is 9.78 Å². The standard InChI is InChI=1S/C14H16N4O/c1-18(9-10-5-7-17-8-6-10)13-11(14(16)19)3-2-4-12(13)15/h2-8H,9,15H2,1H3,(H2,16,19). The van der Waals surface area contributed by atoms with Gasteiger partial charge in [0, 0.05) is 26.0 Å². The summed E-state index contributed by atoms with van der Waals surface area (Å²) < 4.78 is 0. The number of carbonyl (C=O) groups is 1. The number of nitrogens with two attached hydrogens (primary N) is 2. The lowest BCUT2D eigenvalue weighted by molar-refractivity contribution is 0.100. The molecule has 0 saturated carbocycles. The van der Waals surface area contributed by atoms with Crippen LogP contribution in [0.2, 0.25) is 0 Å². The zero-order chi connectivity index (χ0) is 13.8. The Morgan fingerprint density at radius 2 is 1.95 bits per heavy atom. The molecule has 0 aliphatic rings. The number of aromatic nitrogens is 1. The van der Waals surface area contributed by atoms with E-state index in [2.05, 4.69) is 4.98 Å². The molecule has 1 aromatic heterocycles. The molecule has 5 nitrogen and oxygen atoms in total. The first-order valence-electron chi connectivity index (χ1n) is 5.88. The molecule has 0 aliphatic heterocycles. The van der Waals surface area contributed by atoms with Crippen molar-refractivity contribution >= 4 is 17.3 Å². The van der Waals surface area contributed by atoms with Gasteiger partial charge in [0.05, 0.1) is 16.9 Å². The van der Waals surface area contributed by atoms with Crippen molar-refractivity contribution in [3.63, 3.8) is 0 Å². The SMILES string of the molecule is CN(Cc1ccncc1)c1c(N)cccc1C(N)=O. The van der Waals surface area contributed by atoms with E-state index in [0.29, 0.717) is 23.5 Å². The van der Waals surface area contributed by atoms with Crippen molar-refractivity contribution in [2.24, 2.45) is 5.73 Å². The molecular weight excluding hydrogens is 240 g/mol. The van der Waals surface area contributed by atoms with E-state index < -0.39 is 5.91 Å². The van der Waals surface area contributed by atoms with Crippen molar-refractivity contribution in [1.82, 2.24) is 4.98 Å². The van der Waals surface area contributed by atoms with E-state index in [-0.39, 0.29) is 0 Å². The van der Waals surface area contributed by atoms with Crippen LogP contribution in [0.15, 0.2) is 42.7 Å². The smallest absolute Gasteiger partial charge is 0.250 e. The third-order valence-corrected chi connectivity index (χ3v) is 2.88. The van der Waals surface area contributed by atoms with Crippen molar-refractivity contribution in [2.75, 3.05) is 17.7 Å². The molecule has 2 rings (SSSR count). The maximum Gasteiger partial charge on any atom is 0.250 e. The molecule has 1 aromatic carbocycles. The topological polar surface area (TPSA) is 85.2 Å². The van der Waals surface area contributed by atoms with E-state index in [0.717, 1.165) is 5.56 Å². The Morgan fingerprint density at radius 1 is 1.26 bits per heavy atom. The maximum atomic E-state index is 11.5. The number of benzene rings is 1. The highest BCUT2D eigenvalue weighted by Crippen LogP contribution is 2.27. The van der Waals surface area contributed by atoms with Crippen molar-refractivity contribution in [3.8, 4) is 0 Å². The van der Waals surface area contributed by atoms with Crippen LogP contribution in [0.5, 0.6) is 0 Å². The monoisotopic (exact) mass is 256 g/mol. The van der Waals surface area contributed by atoms with E-state index in [4.69, 9.17) is 11.5 Å². The van der Waals surface area contributed by atoms with E-state index in [1.807, 2.05) is 24.1 Å². The van der Waals surface area contributed by atoms with Gasteiger partial charge in [-0.05, 0) is 29.8 Å². The quantitative estimate of drug-likeness (QED) is 0.810. The van der Waals surface area contributed by atoms with E-state index in [1.54, 1.807) is 30.6 Å². The van der Waals surface area contributed by atoms with Crippen LogP contribution in [0.3, 0.4) is 0 Å². The summed E-state index contributed by atoms with van der Waals surface area (Å²) in [5.74, 6) is -0.483. The molecule has 0 bridgehead atoms. The van der Waals surface area contributed by atoms with Crippen LogP contribution in [-0.4, -0.2) is 17.9 Å². The lowest BCUT2D eigenvalue weighted by Gasteiger charge is -2.23. The summed E-state index contributed by atoms with van der Waals surface area (Å²) in [6, 6.07) is 8.99. The van der Waals surface area contributed by atoms with Gasteiger partial charge in [0.2, 0.25) is 0 Å². The zero-order valence-corrected chi connectivity index (χ0v) is 10.7. The second-order valence-electron chi connectivity index (χ2n) is 4.32. The fraction of sp³-hybridized carbons (Fsp3) is 0.143. The van der Waals surface area contributed by atoms with Crippen LogP contribution in [0, 0.1) is 0 Å². The Balaban J connectivity index is 2.33. The van der Waals surface area contributed by atoms with Gasteiger partial charge in [0.15, 0.2) is 0 Å². The molecule has 0 spiro atoms. The van der Waals surface area contributed by atoms with Gasteiger partial charge >= 0.3 is 0 Å². The third-order valence-electron chi connectivity index (χ3n) is 2.88. The van der Waals surface area contributed by atoms with Gasteiger partial charge in [-0.2, -0.15) is 0 Å². The Labute approximate surface area is 111 Å². The number of pyridine rings is 1. The first kappa shape index (κ1) is 12.9. The van der Waals surface area contributed by atoms with E-state index in [1.165, 1.54) is 0 Å². The average molecular weight is 256 g/mol. The van der Waals surface area contributed by atoms with Gasteiger partial charge in [0.1, 0.15) is 0 Å². The largest absolute Gasteiger partial charge is 0.397 e. The highest BCUT2D eigenvalue weighted by atomic mass is 16.1. The summed E-state index contributed by atoms with van der Waals surface area (Å²) >= 11 is 0. The van der Waals surface area contributed by atoms with Crippen LogP contribution < -0.4 is 16.4 Å². The predicted octanol–water partition coefficient (Wildman–Crippen LogP) is 1.40. The minimum Gasteiger partial charge on any atom is -0.397 e. The van der Waals surface area contributed by atoms with Crippen LogP contribution in [0.1, 0.15) is 15.9 Å². The number of anilines is 2. The number of nitrogen functional groups attached to an aromatic ring is 1. The molecule has 0 unspecified atom stereocenters. The average Bonchev–Trinajstić information content (AvgIpc) is 2.39. The van der Waals surface area contributed by atoms with Crippen LogP contribution >= 0.6 is 0 Å². The van der Waals surface area contributed by atoms with Crippen LogP contribution in [0.25, 0.3) is 0 Å². The number of para-hydroxylation sites is 1. The third kappa shape index (κ3) is 2.82. The van der Waals surface area contributed by atoms with Crippen LogP contribution in [0.4, 0.5) is 11.4 Å². The normalized spacial score (nSPS) is 10.2. The summed E-state index contributed by atoms with van der Waals surface area (Å²) in [6.45, 7) is 0.622. The zero-order valence-electron chi connectivity index (χ0n) is 10.7. The number of primary amides is 1. The molecule has 0 atom stereocenters. The van der Waals surface area contributed by atoms with Gasteiger partial charge in [-0.1, -0.05) is 6.07 Å². The molecule has 19 heavy (non-hydrogen) atoms. The Kier molecular flexibility index (Phi) is 3.66. The maximum absolute atomic E-state index is 11.5. The molecule has 5 heteroatoms. The first-order valence-corrected chi connectivity index (χ1v) is 5.88. The molecule has 1 heterocycles. The fourth-order valence-corrected chi connectivity index (χ4v) is 2.03. The van der Waals surface area contributed by atoms with Crippen molar-refractivity contribution < 1.29 is 4.79 Å². The Morgan fingerprint density at radius 3 is 2.58 bits per heavy atom. The molecule has 1 amide bonds. The molecule has 2 aromatic rings. The number of hydrogen-bond donors (Lipinski definition) is 2. The summed E-state index contributed by atoms with van der Waals surface area (Å²) in [7, 11) is 1.87. The summed E-state index contributed by atoms with van der Waals surface area (Å²) in [5, 5.41) is 0. The predicted molar refractivity (Wildman–Crippen MR) is 75.7 cm³/mol. The van der Waals surface area contributed by atoms with Gasteiger partial charge in [-0.15, -0.1) is 0 Å². The molecule has 4 N–H and O–H groups in total. The van der Waals surface area contributed by atoms with Gasteiger partial charge in [0.25, 0.3) is 5.91 Å². The van der Waals surface area contributed by atoms with Gasteiger partial charge < -0.3 is 16.4 Å². The second kappa shape index (κ2) is 5.39. The number of nitrogens with zero attached hydrogens (tertiary/aromatic N) is 2. The second-order valence-corrected chi connectivity index (χ2v) is 4.32. The Bertz CT molecular complexity index is 583. The molecule has 98 valence electrons. The van der Waals surface area contributed by atoms with E-state index in [9.17, 15) is 4.79 Å². The number of hydrogen-bond acceptors (Lipinski definition) is 4. The first-order chi connectivity index (χ1) is 9.09. The number of carbonyl (C=O) groups excluding carboxylic acids is 1. The molecule has 0 radical (unpaired) electrons. The molecule has 0 fully saturated rings. The highest BCUT2D eigenvalue weighted by molar-refractivity contribution is 6.01. The van der Waals surface area contributed by atoms with E-state index >= 15 is 0 Å². The fourth-order valence-electron chi connectivity index (χ4n) is 2.03. The van der Waals surface area contributed by atoms with Crippen LogP contribution in [-0.2, 0) is 6.54 Å². The van der Waals surface area contributed by atoms with Crippen molar-refractivity contribution in [1.29, 1.82) is 0 Å². The number of rotatable bonds is 4. The summed E-state index contributed by atoms with van der Waals surface area (Å²) in [4.78, 5) is 17.3. The molecule has 0 saturated heterocycles. The number of amides is 1. The summed E-state index contributed by atoms with van der Waals surface area (Å²) in [6.07, 6.45) is 3.46. The minimum atomic E-state index is -0.483. The minimum absolute atomic E-state index is 0.427.